The van der Waals surface area contributed by atoms with Crippen LogP contribution >= 0.6 is 0 Å². The normalized spacial score (nSPS) is 15.4. The second-order valence-electron chi connectivity index (χ2n) is 8.14. The summed E-state index contributed by atoms with van der Waals surface area (Å²) in [5, 5.41) is 16.6. The van der Waals surface area contributed by atoms with Crippen molar-refractivity contribution in [1.29, 1.82) is 5.26 Å². The molecule has 0 bridgehead atoms. The first kappa shape index (κ1) is 26.5. The molecule has 11 nitrogen and oxygen atoms in total. The maximum Gasteiger partial charge on any atom is 0.423 e. The van der Waals surface area contributed by atoms with E-state index in [0.717, 1.165) is 6.20 Å². The number of alkyl halides is 3. The topological polar surface area (TPSA) is 140 Å². The summed E-state index contributed by atoms with van der Waals surface area (Å²) in [5.41, 5.74) is -2.76. The number of ether oxygens (including phenoxy) is 1. The Bertz CT molecular complexity index is 1170. The number of hydrogen-bond acceptors (Lipinski definition) is 9. The average molecular weight is 506 g/mol. The Hall–Kier alpha value is -4.15. The minimum atomic E-state index is -4.84. The van der Waals surface area contributed by atoms with Crippen molar-refractivity contribution < 1.29 is 22.7 Å². The Kier molecular flexibility index (Phi) is 8.46. The Morgan fingerprint density at radius 1 is 1.36 bits per heavy atom. The largest absolute Gasteiger partial charge is 0.445 e. The monoisotopic (exact) mass is 506 g/mol. The number of nitrogens with one attached hydrogen (secondary N) is 2. The number of rotatable bonds is 7. The van der Waals surface area contributed by atoms with Gasteiger partial charge in [0.25, 0.3) is 5.56 Å². The molecule has 14 heteroatoms. The van der Waals surface area contributed by atoms with Gasteiger partial charge in [-0.1, -0.05) is 6.08 Å². The number of carbonyl (C=O) groups is 1. The number of carbonyl (C=O) groups excluding carboxylic acids is 1. The van der Waals surface area contributed by atoms with Crippen molar-refractivity contribution in [3.63, 3.8) is 0 Å². The van der Waals surface area contributed by atoms with Crippen molar-refractivity contribution in [2.24, 2.45) is 0 Å². The van der Waals surface area contributed by atoms with E-state index < -0.39 is 35.1 Å². The maximum atomic E-state index is 13.1. The van der Waals surface area contributed by atoms with E-state index in [1.54, 1.807) is 19.1 Å². The lowest BCUT2D eigenvalue weighted by atomic mass is 10.0. The van der Waals surface area contributed by atoms with E-state index in [1.165, 1.54) is 29.4 Å². The number of piperidine rings is 1. The number of aromatic amines is 1. The summed E-state index contributed by atoms with van der Waals surface area (Å²) in [5.74, 6) is 0.531. The molecule has 1 saturated heterocycles. The van der Waals surface area contributed by atoms with Crippen molar-refractivity contribution >= 4 is 17.7 Å². The van der Waals surface area contributed by atoms with Crippen molar-refractivity contribution in [1.82, 2.24) is 25.1 Å². The summed E-state index contributed by atoms with van der Waals surface area (Å²) in [6.07, 6.45) is 2.84. The van der Waals surface area contributed by atoms with Crippen LogP contribution in [0.4, 0.5) is 29.6 Å². The molecule has 0 saturated carbocycles. The molecule has 192 valence electrons. The molecule has 36 heavy (non-hydrogen) atoms. The molecule has 3 heterocycles. The van der Waals surface area contributed by atoms with Crippen LogP contribution in [0.15, 0.2) is 35.5 Å². The van der Waals surface area contributed by atoms with Gasteiger partial charge in [-0.25, -0.2) is 19.9 Å². The third-order valence-electron chi connectivity index (χ3n) is 5.60. The zero-order valence-electron chi connectivity index (χ0n) is 19.6. The van der Waals surface area contributed by atoms with Crippen LogP contribution in [0.1, 0.15) is 30.9 Å². The van der Waals surface area contributed by atoms with Crippen LogP contribution in [0.5, 0.6) is 0 Å². The number of H-pyrrole nitrogens is 1. The van der Waals surface area contributed by atoms with Gasteiger partial charge in [-0.2, -0.15) is 23.5 Å². The SMILES string of the molecule is CC(/C=C/COC(=O)N(C)C1CCN(c2ncc(C#N)cn2)CC1)Nc1cn[nH]c(=O)c1C(F)(F)F. The Labute approximate surface area is 204 Å². The molecule has 1 unspecified atom stereocenters. The third-order valence-corrected chi connectivity index (χ3v) is 5.60. The predicted molar refractivity (Wildman–Crippen MR) is 123 cm³/mol. The molecule has 0 radical (unpaired) electrons. The third kappa shape index (κ3) is 6.71. The van der Waals surface area contributed by atoms with Gasteiger partial charge in [0.15, 0.2) is 0 Å². The highest BCUT2D eigenvalue weighted by Gasteiger charge is 2.37. The van der Waals surface area contributed by atoms with Gasteiger partial charge in [-0.05, 0) is 25.8 Å². The van der Waals surface area contributed by atoms with E-state index in [9.17, 15) is 22.8 Å². The zero-order chi connectivity index (χ0) is 26.3. The first-order valence-electron chi connectivity index (χ1n) is 11.0. The van der Waals surface area contributed by atoms with Gasteiger partial charge in [-0.15, -0.1) is 0 Å². The van der Waals surface area contributed by atoms with Crippen LogP contribution in [0.3, 0.4) is 0 Å². The second-order valence-corrected chi connectivity index (χ2v) is 8.14. The van der Waals surface area contributed by atoms with Crippen LogP contribution < -0.4 is 15.8 Å². The van der Waals surface area contributed by atoms with Crippen LogP contribution in [0.25, 0.3) is 0 Å². The fourth-order valence-electron chi connectivity index (χ4n) is 3.71. The summed E-state index contributed by atoms with van der Waals surface area (Å²) < 4.78 is 44.6. The van der Waals surface area contributed by atoms with E-state index in [0.29, 0.717) is 37.4 Å². The molecule has 1 aliphatic heterocycles. The number of hydrogen-bond donors (Lipinski definition) is 2. The van der Waals surface area contributed by atoms with E-state index in [1.807, 2.05) is 11.0 Å². The molecule has 0 aromatic carbocycles. The number of amides is 1. The van der Waals surface area contributed by atoms with Gasteiger partial charge in [0.2, 0.25) is 5.95 Å². The molecule has 1 fully saturated rings. The van der Waals surface area contributed by atoms with Crippen LogP contribution in [0.2, 0.25) is 0 Å². The number of aromatic nitrogens is 4. The first-order chi connectivity index (χ1) is 17.1. The van der Waals surface area contributed by atoms with Gasteiger partial charge in [0.1, 0.15) is 18.2 Å². The van der Waals surface area contributed by atoms with Crippen molar-refractivity contribution in [2.45, 2.75) is 38.0 Å². The molecule has 0 spiro atoms. The molecule has 1 aliphatic rings. The summed E-state index contributed by atoms with van der Waals surface area (Å²) in [6.45, 7) is 2.77. The Morgan fingerprint density at radius 3 is 2.64 bits per heavy atom. The highest BCUT2D eigenvalue weighted by atomic mass is 19.4. The Morgan fingerprint density at radius 2 is 2.03 bits per heavy atom. The molecule has 1 amide bonds. The number of nitriles is 1. The fourth-order valence-corrected chi connectivity index (χ4v) is 3.71. The van der Waals surface area contributed by atoms with Crippen molar-refractivity contribution in [3.8, 4) is 6.07 Å². The van der Waals surface area contributed by atoms with Gasteiger partial charge < -0.3 is 19.9 Å². The molecule has 2 aromatic rings. The highest BCUT2D eigenvalue weighted by molar-refractivity contribution is 5.67. The van der Waals surface area contributed by atoms with Crippen LogP contribution in [0, 0.1) is 11.3 Å². The quantitative estimate of drug-likeness (QED) is 0.542. The van der Waals surface area contributed by atoms with Gasteiger partial charge in [0, 0.05) is 32.2 Å². The van der Waals surface area contributed by atoms with Crippen LogP contribution in [-0.2, 0) is 10.9 Å². The smallest absolute Gasteiger partial charge is 0.423 e. The summed E-state index contributed by atoms with van der Waals surface area (Å²) in [7, 11) is 1.65. The highest BCUT2D eigenvalue weighted by Crippen LogP contribution is 2.31. The zero-order valence-corrected chi connectivity index (χ0v) is 19.6. The minimum absolute atomic E-state index is 0.0406. The predicted octanol–water partition coefficient (Wildman–Crippen LogP) is 2.54. The molecule has 0 aliphatic carbocycles. The standard InChI is InChI=1S/C22H25F3N8O3/c1-14(30-17-13-29-31-19(34)18(17)22(23,24)25)4-3-9-36-21(35)32(2)16-5-7-33(8-6-16)20-27-11-15(10-26)12-28-20/h3-4,11-14,16H,5-9H2,1-2H3,(H2,30,31,34)/b4-3+. The minimum Gasteiger partial charge on any atom is -0.445 e. The van der Waals surface area contributed by atoms with Gasteiger partial charge in [0.05, 0.1) is 29.8 Å². The molecular weight excluding hydrogens is 481 g/mol. The molecule has 2 aromatic heterocycles. The van der Waals surface area contributed by atoms with Gasteiger partial charge >= 0.3 is 12.3 Å². The van der Waals surface area contributed by atoms with Gasteiger partial charge in [-0.3, -0.25) is 4.79 Å². The first-order valence-corrected chi connectivity index (χ1v) is 11.0. The van der Waals surface area contributed by atoms with E-state index in [2.05, 4.69) is 20.4 Å². The molecule has 2 N–H and O–H groups in total. The number of halogens is 3. The molecule has 3 rings (SSSR count). The van der Waals surface area contributed by atoms with Crippen molar-refractivity contribution in [3.05, 3.63) is 52.2 Å². The molecule has 1 atom stereocenters. The fraction of sp³-hybridized carbons (Fsp3) is 0.455. The summed E-state index contributed by atoms with van der Waals surface area (Å²) in [4.78, 5) is 35.8. The second kappa shape index (κ2) is 11.5. The molecular formula is C22H25F3N8O3. The van der Waals surface area contributed by atoms with Crippen LogP contribution in [-0.4, -0.2) is 70.0 Å². The lowest BCUT2D eigenvalue weighted by molar-refractivity contribution is -0.138. The lowest BCUT2D eigenvalue weighted by Crippen LogP contribution is -2.46. The van der Waals surface area contributed by atoms with E-state index in [-0.39, 0.29) is 12.6 Å². The van der Waals surface area contributed by atoms with Crippen molar-refractivity contribution in [2.75, 3.05) is 37.0 Å². The van der Waals surface area contributed by atoms with E-state index in [4.69, 9.17) is 10.00 Å². The number of nitrogens with zero attached hydrogens (tertiary/aromatic N) is 6. The summed E-state index contributed by atoms with van der Waals surface area (Å²) >= 11 is 0. The maximum absolute atomic E-state index is 13.1. The Balaban J connectivity index is 1.45. The van der Waals surface area contributed by atoms with E-state index >= 15 is 0 Å². The number of anilines is 2. The average Bonchev–Trinajstić information content (AvgIpc) is 2.85. The lowest BCUT2D eigenvalue weighted by Gasteiger charge is -2.36. The summed E-state index contributed by atoms with van der Waals surface area (Å²) in [6, 6.07) is 1.34.